The highest BCUT2D eigenvalue weighted by Gasteiger charge is 2.40. The van der Waals surface area contributed by atoms with E-state index in [2.05, 4.69) is 36.0 Å². The summed E-state index contributed by atoms with van der Waals surface area (Å²) in [4.78, 5) is 36.4. The van der Waals surface area contributed by atoms with E-state index in [-0.39, 0.29) is 61.3 Å². The van der Waals surface area contributed by atoms with Crippen LogP contribution in [0.2, 0.25) is 0 Å². The van der Waals surface area contributed by atoms with Gasteiger partial charge in [0.15, 0.2) is 0 Å². The van der Waals surface area contributed by atoms with E-state index in [9.17, 15) is 18.4 Å². The van der Waals surface area contributed by atoms with Gasteiger partial charge in [-0.3, -0.25) is 19.5 Å². The van der Waals surface area contributed by atoms with Crippen molar-refractivity contribution in [3.63, 3.8) is 0 Å². The van der Waals surface area contributed by atoms with E-state index < -0.39 is 11.6 Å². The number of carbonyl (C=O) groups excluding carboxylic acids is 2. The van der Waals surface area contributed by atoms with Gasteiger partial charge in [0.2, 0.25) is 11.8 Å². The molecule has 39 heavy (non-hydrogen) atoms. The molecule has 11 heteroatoms. The first-order valence-electron chi connectivity index (χ1n) is 13.2. The SMILES string of the molecule is C[C@@H]1CN(CC(=O)N2CC(C)(C)c3cnc(Cc4ccc(F)cc4F)cc32)[C@@H](CN2CCOCC2=O)CN1.Cl. The fourth-order valence-electron chi connectivity index (χ4n) is 5.64. The molecule has 2 fully saturated rings. The normalized spacial score (nSPS) is 22.9. The number of morpholine rings is 1. The van der Waals surface area contributed by atoms with Crippen LogP contribution in [0.3, 0.4) is 0 Å². The summed E-state index contributed by atoms with van der Waals surface area (Å²) in [6.07, 6.45) is 1.98. The molecule has 0 bridgehead atoms. The van der Waals surface area contributed by atoms with Gasteiger partial charge in [0, 0.05) is 80.2 Å². The number of nitrogens with one attached hydrogen (secondary N) is 1. The first-order valence-corrected chi connectivity index (χ1v) is 13.2. The molecule has 0 radical (unpaired) electrons. The fraction of sp³-hybridized carbons (Fsp3) is 0.536. The molecule has 4 heterocycles. The predicted molar refractivity (Wildman–Crippen MR) is 146 cm³/mol. The lowest BCUT2D eigenvalue weighted by molar-refractivity contribution is -0.143. The van der Waals surface area contributed by atoms with Crippen molar-refractivity contribution >= 4 is 29.9 Å². The van der Waals surface area contributed by atoms with Crippen LogP contribution in [0.1, 0.15) is 37.6 Å². The number of ether oxygens (including phenoxy) is 1. The Bertz CT molecular complexity index is 1230. The standard InChI is InChI=1S/C28H35F2N5O3.ClH/c1-18-13-34(22(11-31-18)14-33-6-7-38-16-27(33)37)15-26(36)35-17-28(2,3)23-12-32-21(10-25(23)35)8-19-4-5-20(29)9-24(19)30;/h4-5,9-10,12,18,22,31H,6-8,11,13-17H2,1-3H3;1H/t18-,22-;/m1./s1. The zero-order chi connectivity index (χ0) is 27.0. The minimum Gasteiger partial charge on any atom is -0.370 e. The van der Waals surface area contributed by atoms with Gasteiger partial charge < -0.3 is 19.9 Å². The van der Waals surface area contributed by atoms with Crippen LogP contribution < -0.4 is 10.2 Å². The van der Waals surface area contributed by atoms with Gasteiger partial charge >= 0.3 is 0 Å². The molecule has 8 nitrogen and oxygen atoms in total. The van der Waals surface area contributed by atoms with Crippen molar-refractivity contribution in [3.05, 3.63) is 58.9 Å². The zero-order valence-corrected chi connectivity index (χ0v) is 23.4. The molecule has 1 aromatic heterocycles. The van der Waals surface area contributed by atoms with Gasteiger partial charge in [-0.05, 0) is 24.6 Å². The van der Waals surface area contributed by atoms with Crippen molar-refractivity contribution in [3.8, 4) is 0 Å². The second kappa shape index (κ2) is 11.8. The number of fused-ring (bicyclic) bond motifs is 1. The average molecular weight is 564 g/mol. The quantitative estimate of drug-likeness (QED) is 0.582. The molecule has 0 saturated carbocycles. The average Bonchev–Trinajstić information content (AvgIpc) is 3.14. The summed E-state index contributed by atoms with van der Waals surface area (Å²) in [6, 6.07) is 5.63. The molecule has 3 aliphatic heterocycles. The van der Waals surface area contributed by atoms with Gasteiger partial charge in [-0.15, -0.1) is 12.4 Å². The van der Waals surface area contributed by atoms with Crippen LogP contribution in [-0.4, -0.2) is 91.2 Å². The molecule has 212 valence electrons. The Labute approximate surface area is 234 Å². The number of rotatable bonds is 6. The molecule has 1 N–H and O–H groups in total. The van der Waals surface area contributed by atoms with E-state index in [4.69, 9.17) is 4.74 Å². The van der Waals surface area contributed by atoms with E-state index in [1.54, 1.807) is 6.20 Å². The molecule has 0 aliphatic carbocycles. The number of halogens is 3. The zero-order valence-electron chi connectivity index (χ0n) is 22.6. The molecular formula is C28H36ClF2N5O3. The van der Waals surface area contributed by atoms with E-state index in [0.717, 1.165) is 17.3 Å². The number of piperazine rings is 1. The van der Waals surface area contributed by atoms with Crippen molar-refractivity contribution in [2.75, 3.05) is 57.4 Å². The highest BCUT2D eigenvalue weighted by atomic mass is 35.5. The number of nitrogens with zero attached hydrogens (tertiary/aromatic N) is 4. The maximum Gasteiger partial charge on any atom is 0.248 e. The third kappa shape index (κ3) is 6.40. The number of hydrogen-bond donors (Lipinski definition) is 1. The summed E-state index contributed by atoms with van der Waals surface area (Å²) in [6.45, 7) is 10.1. The number of amides is 2. The molecule has 3 aliphatic rings. The summed E-state index contributed by atoms with van der Waals surface area (Å²) >= 11 is 0. The Hall–Kier alpha value is -2.66. The maximum atomic E-state index is 14.3. The van der Waals surface area contributed by atoms with Crippen LogP contribution in [0.4, 0.5) is 14.5 Å². The smallest absolute Gasteiger partial charge is 0.248 e. The Morgan fingerprint density at radius 2 is 2.05 bits per heavy atom. The van der Waals surface area contributed by atoms with Crippen LogP contribution in [0.5, 0.6) is 0 Å². The lowest BCUT2D eigenvalue weighted by atomic mass is 9.88. The van der Waals surface area contributed by atoms with E-state index >= 15 is 0 Å². The van der Waals surface area contributed by atoms with Crippen molar-refractivity contribution in [1.82, 2.24) is 20.1 Å². The van der Waals surface area contributed by atoms with Gasteiger partial charge in [-0.1, -0.05) is 19.9 Å². The third-order valence-corrected chi connectivity index (χ3v) is 7.78. The minimum atomic E-state index is -0.620. The van der Waals surface area contributed by atoms with E-state index in [1.165, 1.54) is 12.1 Å². The summed E-state index contributed by atoms with van der Waals surface area (Å²) in [5.74, 6) is -1.27. The van der Waals surface area contributed by atoms with Crippen molar-refractivity contribution in [2.24, 2.45) is 0 Å². The highest BCUT2D eigenvalue weighted by Crippen LogP contribution is 2.40. The molecule has 0 spiro atoms. The Kier molecular flexibility index (Phi) is 8.90. The van der Waals surface area contributed by atoms with Crippen LogP contribution in [-0.2, 0) is 26.2 Å². The van der Waals surface area contributed by atoms with Gasteiger partial charge in [0.25, 0.3) is 0 Å². The highest BCUT2D eigenvalue weighted by molar-refractivity contribution is 5.97. The Morgan fingerprint density at radius 1 is 1.26 bits per heavy atom. The predicted octanol–water partition coefficient (Wildman–Crippen LogP) is 2.52. The number of anilines is 1. The Morgan fingerprint density at radius 3 is 2.79 bits per heavy atom. The van der Waals surface area contributed by atoms with Gasteiger partial charge in [-0.25, -0.2) is 8.78 Å². The number of benzene rings is 1. The first kappa shape index (κ1) is 29.3. The summed E-state index contributed by atoms with van der Waals surface area (Å²) in [5.41, 5.74) is 2.44. The number of carbonyl (C=O) groups is 2. The molecule has 5 rings (SSSR count). The van der Waals surface area contributed by atoms with Crippen LogP contribution >= 0.6 is 12.4 Å². The molecule has 2 saturated heterocycles. The molecule has 0 unspecified atom stereocenters. The lowest BCUT2D eigenvalue weighted by Crippen LogP contribution is -2.62. The van der Waals surface area contributed by atoms with Gasteiger partial charge in [0.05, 0.1) is 18.8 Å². The summed E-state index contributed by atoms with van der Waals surface area (Å²) in [5, 5.41) is 3.48. The van der Waals surface area contributed by atoms with Crippen molar-refractivity contribution in [2.45, 2.75) is 44.7 Å². The largest absolute Gasteiger partial charge is 0.370 e. The fourth-order valence-corrected chi connectivity index (χ4v) is 5.64. The number of aromatic nitrogens is 1. The lowest BCUT2D eigenvalue weighted by Gasteiger charge is -2.42. The second-order valence-electron chi connectivity index (χ2n) is 11.3. The maximum absolute atomic E-state index is 14.3. The molecular weight excluding hydrogens is 528 g/mol. The first-order chi connectivity index (χ1) is 18.1. The third-order valence-electron chi connectivity index (χ3n) is 7.78. The van der Waals surface area contributed by atoms with Gasteiger partial charge in [0.1, 0.15) is 18.2 Å². The second-order valence-corrected chi connectivity index (χ2v) is 11.3. The minimum absolute atomic E-state index is 0. The van der Waals surface area contributed by atoms with Crippen LogP contribution in [0, 0.1) is 11.6 Å². The Balaban J connectivity index is 0.00000353. The van der Waals surface area contributed by atoms with Gasteiger partial charge in [-0.2, -0.15) is 0 Å². The molecule has 2 aromatic rings. The number of pyridine rings is 1. The van der Waals surface area contributed by atoms with Crippen molar-refractivity contribution < 1.29 is 23.1 Å². The molecule has 2 amide bonds. The monoisotopic (exact) mass is 563 g/mol. The van der Waals surface area contributed by atoms with Crippen LogP contribution in [0.25, 0.3) is 0 Å². The molecule has 1 aromatic carbocycles. The topological polar surface area (TPSA) is 78.0 Å². The summed E-state index contributed by atoms with van der Waals surface area (Å²) in [7, 11) is 0. The van der Waals surface area contributed by atoms with Crippen LogP contribution in [0.15, 0.2) is 30.5 Å². The van der Waals surface area contributed by atoms with Crippen molar-refractivity contribution in [1.29, 1.82) is 0 Å². The molecule has 2 atom stereocenters. The van der Waals surface area contributed by atoms with E-state index in [0.29, 0.717) is 50.6 Å². The summed E-state index contributed by atoms with van der Waals surface area (Å²) < 4.78 is 32.9. The number of hydrogen-bond acceptors (Lipinski definition) is 6. The van der Waals surface area contributed by atoms with E-state index in [1.807, 2.05) is 15.9 Å².